The number of anilines is 1. The van der Waals surface area contributed by atoms with Gasteiger partial charge in [0.15, 0.2) is 0 Å². The number of nitrogens with one attached hydrogen (secondary N) is 1. The number of alkyl halides is 1. The molecule has 0 aliphatic rings. The molecule has 0 aliphatic carbocycles. The van der Waals surface area contributed by atoms with Crippen molar-refractivity contribution in [2.45, 2.75) is 20.8 Å². The van der Waals surface area contributed by atoms with E-state index in [1.165, 1.54) is 0 Å². The second-order valence-electron chi connectivity index (χ2n) is 4.58. The van der Waals surface area contributed by atoms with Crippen LogP contribution in [0.1, 0.15) is 18.1 Å². The maximum absolute atomic E-state index is 12.0. The van der Waals surface area contributed by atoms with Crippen molar-refractivity contribution >= 4 is 43.2 Å². The second-order valence-corrected chi connectivity index (χ2v) is 7.51. The van der Waals surface area contributed by atoms with Gasteiger partial charge in [-0.15, -0.1) is 11.6 Å². The van der Waals surface area contributed by atoms with E-state index in [0.29, 0.717) is 11.6 Å². The minimum absolute atomic E-state index is 0.0241. The van der Waals surface area contributed by atoms with Crippen molar-refractivity contribution in [3.8, 4) is 0 Å². The van der Waals surface area contributed by atoms with E-state index in [2.05, 4.69) is 20.7 Å². The molecule has 1 atom stereocenters. The van der Waals surface area contributed by atoms with E-state index in [4.69, 9.17) is 11.6 Å². The molecule has 18 heavy (non-hydrogen) atoms. The number of benzene rings is 1. The van der Waals surface area contributed by atoms with Crippen molar-refractivity contribution < 1.29 is 8.42 Å². The zero-order valence-corrected chi connectivity index (χ0v) is 13.8. The molecule has 0 amide bonds. The molecule has 0 aromatic heterocycles. The standard InChI is InChI=1S/C12H17BrClNO2S/c1-8-4-10(3)12(11(13)5-8)15-18(16,17)7-9(2)6-14/h4-5,9,15H,6-7H2,1-3H3. The van der Waals surface area contributed by atoms with E-state index in [1.54, 1.807) is 0 Å². The van der Waals surface area contributed by atoms with Crippen LogP contribution in [-0.4, -0.2) is 20.1 Å². The predicted molar refractivity (Wildman–Crippen MR) is 80.9 cm³/mol. The highest BCUT2D eigenvalue weighted by Crippen LogP contribution is 2.28. The Bertz CT molecular complexity index is 508. The first-order valence-electron chi connectivity index (χ1n) is 5.58. The summed E-state index contributed by atoms with van der Waals surface area (Å²) < 4.78 is 27.3. The average molecular weight is 355 g/mol. The first kappa shape index (κ1) is 15.8. The Morgan fingerprint density at radius 2 is 2.00 bits per heavy atom. The summed E-state index contributed by atoms with van der Waals surface area (Å²) in [5.74, 6) is 0.277. The van der Waals surface area contributed by atoms with Crippen LogP contribution in [0.4, 0.5) is 5.69 Å². The summed E-state index contributed by atoms with van der Waals surface area (Å²) >= 11 is 9.02. The highest BCUT2D eigenvalue weighted by molar-refractivity contribution is 9.10. The molecule has 1 rings (SSSR count). The van der Waals surface area contributed by atoms with Crippen LogP contribution in [0.5, 0.6) is 0 Å². The summed E-state index contributed by atoms with van der Waals surface area (Å²) in [4.78, 5) is 0. The van der Waals surface area contributed by atoms with Gasteiger partial charge in [0.05, 0.1) is 11.4 Å². The van der Waals surface area contributed by atoms with Gasteiger partial charge in [-0.2, -0.15) is 0 Å². The van der Waals surface area contributed by atoms with Crippen LogP contribution >= 0.6 is 27.5 Å². The van der Waals surface area contributed by atoms with Gasteiger partial charge in [0, 0.05) is 10.4 Å². The topological polar surface area (TPSA) is 46.2 Å². The van der Waals surface area contributed by atoms with Crippen LogP contribution in [0.2, 0.25) is 0 Å². The molecule has 3 nitrogen and oxygen atoms in total. The van der Waals surface area contributed by atoms with E-state index < -0.39 is 10.0 Å². The lowest BCUT2D eigenvalue weighted by Crippen LogP contribution is -2.22. The van der Waals surface area contributed by atoms with Crippen LogP contribution in [0.25, 0.3) is 0 Å². The average Bonchev–Trinajstić information content (AvgIpc) is 2.22. The van der Waals surface area contributed by atoms with Crippen LogP contribution in [0, 0.1) is 19.8 Å². The highest BCUT2D eigenvalue weighted by Gasteiger charge is 2.17. The van der Waals surface area contributed by atoms with Crippen molar-refractivity contribution in [3.63, 3.8) is 0 Å². The summed E-state index contributed by atoms with van der Waals surface area (Å²) in [6.45, 7) is 5.65. The van der Waals surface area contributed by atoms with Gasteiger partial charge in [0.1, 0.15) is 0 Å². The van der Waals surface area contributed by atoms with E-state index in [-0.39, 0.29) is 11.7 Å². The highest BCUT2D eigenvalue weighted by atomic mass is 79.9. The summed E-state index contributed by atoms with van der Waals surface area (Å²) in [7, 11) is -3.37. The molecule has 0 fully saturated rings. The van der Waals surface area contributed by atoms with Gasteiger partial charge >= 0.3 is 0 Å². The van der Waals surface area contributed by atoms with Gasteiger partial charge in [-0.25, -0.2) is 8.42 Å². The molecule has 6 heteroatoms. The molecular formula is C12H17BrClNO2S. The monoisotopic (exact) mass is 353 g/mol. The van der Waals surface area contributed by atoms with Crippen LogP contribution < -0.4 is 4.72 Å². The fourth-order valence-electron chi connectivity index (χ4n) is 1.66. The second kappa shape index (κ2) is 6.26. The van der Waals surface area contributed by atoms with Gasteiger partial charge in [-0.3, -0.25) is 4.72 Å². The molecule has 0 spiro atoms. The molecule has 0 heterocycles. The Labute approximate surface area is 122 Å². The van der Waals surface area contributed by atoms with Crippen LogP contribution in [-0.2, 0) is 10.0 Å². The predicted octanol–water partition coefficient (Wildman–Crippen LogP) is 3.68. The van der Waals surface area contributed by atoms with Gasteiger partial charge in [-0.05, 0) is 52.9 Å². The minimum atomic E-state index is -3.37. The molecule has 1 aromatic carbocycles. The van der Waals surface area contributed by atoms with Gasteiger partial charge in [0.2, 0.25) is 10.0 Å². The molecule has 0 radical (unpaired) electrons. The molecule has 0 saturated heterocycles. The summed E-state index contributed by atoms with van der Waals surface area (Å²) in [6.07, 6.45) is 0. The molecule has 1 unspecified atom stereocenters. The van der Waals surface area contributed by atoms with E-state index in [1.807, 2.05) is 32.9 Å². The van der Waals surface area contributed by atoms with Crippen molar-refractivity contribution in [2.24, 2.45) is 5.92 Å². The third kappa shape index (κ3) is 4.44. The van der Waals surface area contributed by atoms with Crippen molar-refractivity contribution in [1.29, 1.82) is 0 Å². The fourth-order valence-corrected chi connectivity index (χ4v) is 4.34. The summed E-state index contributed by atoms with van der Waals surface area (Å²) in [5, 5.41) is 0. The zero-order valence-electron chi connectivity index (χ0n) is 10.6. The summed E-state index contributed by atoms with van der Waals surface area (Å²) in [5.41, 5.74) is 2.57. The molecule has 0 bridgehead atoms. The van der Waals surface area contributed by atoms with Gasteiger partial charge in [0.25, 0.3) is 0 Å². The lowest BCUT2D eigenvalue weighted by atomic mass is 10.1. The SMILES string of the molecule is Cc1cc(C)c(NS(=O)(=O)CC(C)CCl)c(Br)c1. The molecule has 0 saturated carbocycles. The first-order chi connectivity index (χ1) is 8.25. The van der Waals surface area contributed by atoms with E-state index in [0.717, 1.165) is 15.6 Å². The largest absolute Gasteiger partial charge is 0.282 e. The fraction of sp³-hybridized carbons (Fsp3) is 0.500. The van der Waals surface area contributed by atoms with Crippen LogP contribution in [0.15, 0.2) is 16.6 Å². The van der Waals surface area contributed by atoms with Crippen molar-refractivity contribution in [1.82, 2.24) is 0 Å². The van der Waals surface area contributed by atoms with Crippen LogP contribution in [0.3, 0.4) is 0 Å². The minimum Gasteiger partial charge on any atom is -0.282 e. The maximum atomic E-state index is 12.0. The normalized spacial score (nSPS) is 13.4. The Balaban J connectivity index is 2.98. The number of aryl methyl sites for hydroxylation is 2. The molecule has 102 valence electrons. The third-order valence-corrected chi connectivity index (χ3v) is 5.13. The van der Waals surface area contributed by atoms with E-state index in [9.17, 15) is 8.42 Å². The smallest absolute Gasteiger partial charge is 0.233 e. The number of rotatable bonds is 5. The first-order valence-corrected chi connectivity index (χ1v) is 8.56. The van der Waals surface area contributed by atoms with Crippen molar-refractivity contribution in [2.75, 3.05) is 16.4 Å². The Hall–Kier alpha value is -0.260. The number of sulfonamides is 1. The maximum Gasteiger partial charge on any atom is 0.233 e. The number of hydrogen-bond acceptors (Lipinski definition) is 2. The Morgan fingerprint density at radius 3 is 2.50 bits per heavy atom. The lowest BCUT2D eigenvalue weighted by Gasteiger charge is -2.15. The molecule has 0 aliphatic heterocycles. The Morgan fingerprint density at radius 1 is 1.39 bits per heavy atom. The lowest BCUT2D eigenvalue weighted by molar-refractivity contribution is 0.588. The number of hydrogen-bond donors (Lipinski definition) is 1. The Kier molecular flexibility index (Phi) is 5.49. The zero-order chi connectivity index (χ0) is 13.9. The molecule has 1 N–H and O–H groups in total. The molecular weight excluding hydrogens is 338 g/mol. The van der Waals surface area contributed by atoms with E-state index >= 15 is 0 Å². The number of halogens is 2. The van der Waals surface area contributed by atoms with Gasteiger partial charge in [-0.1, -0.05) is 13.0 Å². The molecule has 1 aromatic rings. The quantitative estimate of drug-likeness (QED) is 0.820. The van der Waals surface area contributed by atoms with Gasteiger partial charge < -0.3 is 0 Å². The summed E-state index contributed by atoms with van der Waals surface area (Å²) in [6, 6.07) is 3.82. The third-order valence-electron chi connectivity index (χ3n) is 2.46. The van der Waals surface area contributed by atoms with Crippen molar-refractivity contribution in [3.05, 3.63) is 27.7 Å².